The molecule has 1 atom stereocenters. The first kappa shape index (κ1) is 11.6. The second kappa shape index (κ2) is 4.96. The summed E-state index contributed by atoms with van der Waals surface area (Å²) in [6.45, 7) is 2.63. The summed E-state index contributed by atoms with van der Waals surface area (Å²) >= 11 is 1.34. The van der Waals surface area contributed by atoms with Crippen molar-refractivity contribution in [3.05, 3.63) is 40.0 Å². The summed E-state index contributed by atoms with van der Waals surface area (Å²) in [7, 11) is 0. The van der Waals surface area contributed by atoms with Gasteiger partial charge >= 0.3 is 5.69 Å². The van der Waals surface area contributed by atoms with E-state index >= 15 is 0 Å². The zero-order valence-electron chi connectivity index (χ0n) is 9.24. The van der Waals surface area contributed by atoms with Crippen LogP contribution >= 0.6 is 11.3 Å². The van der Waals surface area contributed by atoms with E-state index in [-0.39, 0.29) is 16.7 Å². The second-order valence-corrected chi connectivity index (χ2v) is 4.58. The molecule has 0 aliphatic rings. The minimum Gasteiger partial charge on any atom is -0.367 e. The molecule has 0 bridgehead atoms. The van der Waals surface area contributed by atoms with Crippen LogP contribution < -0.4 is 5.32 Å². The van der Waals surface area contributed by atoms with Crippen LogP contribution in [0.2, 0.25) is 0 Å². The smallest absolute Gasteiger partial charge is 0.303 e. The highest BCUT2D eigenvalue weighted by Gasteiger charge is 2.16. The van der Waals surface area contributed by atoms with Gasteiger partial charge in [0.25, 0.3) is 0 Å². The van der Waals surface area contributed by atoms with Crippen LogP contribution in [0.1, 0.15) is 6.92 Å². The van der Waals surface area contributed by atoms with E-state index in [9.17, 15) is 10.1 Å². The molecule has 0 unspecified atom stereocenters. The molecule has 1 N–H and O–H groups in total. The van der Waals surface area contributed by atoms with Crippen molar-refractivity contribution in [2.45, 2.75) is 19.5 Å². The van der Waals surface area contributed by atoms with Crippen molar-refractivity contribution in [2.75, 3.05) is 5.32 Å². The number of hydrogen-bond acceptors (Lipinski definition) is 5. The van der Waals surface area contributed by atoms with Gasteiger partial charge in [-0.1, -0.05) is 0 Å². The fourth-order valence-corrected chi connectivity index (χ4v) is 2.38. The average Bonchev–Trinajstić information content (AvgIpc) is 2.88. The summed E-state index contributed by atoms with van der Waals surface area (Å²) < 4.78 is 1.79. The Balaban J connectivity index is 2.00. The first-order valence-corrected chi connectivity index (χ1v) is 6.00. The third-order valence-corrected chi connectivity index (χ3v) is 3.07. The second-order valence-electron chi connectivity index (χ2n) is 3.67. The minimum absolute atomic E-state index is 0.0762. The van der Waals surface area contributed by atoms with E-state index in [0.717, 1.165) is 0 Å². The van der Waals surface area contributed by atoms with Crippen molar-refractivity contribution in [1.29, 1.82) is 0 Å². The Kier molecular flexibility index (Phi) is 3.38. The molecule has 0 radical (unpaired) electrons. The quantitative estimate of drug-likeness (QED) is 0.655. The third-order valence-electron chi connectivity index (χ3n) is 2.24. The highest BCUT2D eigenvalue weighted by atomic mass is 32.1. The number of nitro groups is 1. The lowest BCUT2D eigenvalue weighted by molar-refractivity contribution is -0.383. The molecule has 0 saturated carbocycles. The van der Waals surface area contributed by atoms with E-state index in [1.807, 2.05) is 19.2 Å². The molecule has 0 fully saturated rings. The van der Waals surface area contributed by atoms with Crippen molar-refractivity contribution in [2.24, 2.45) is 0 Å². The number of aromatic nitrogens is 2. The fraction of sp³-hybridized carbons (Fsp3) is 0.300. The van der Waals surface area contributed by atoms with Gasteiger partial charge in [0.15, 0.2) is 5.00 Å². The van der Waals surface area contributed by atoms with Crippen LogP contribution in [-0.2, 0) is 6.54 Å². The van der Waals surface area contributed by atoms with E-state index < -0.39 is 0 Å². The zero-order valence-corrected chi connectivity index (χ0v) is 10.1. The monoisotopic (exact) mass is 252 g/mol. The Morgan fingerprint density at radius 3 is 3.18 bits per heavy atom. The number of nitrogens with zero attached hydrogens (tertiary/aromatic N) is 3. The average molecular weight is 252 g/mol. The predicted octanol–water partition coefficient (Wildman–Crippen LogP) is 2.35. The SMILES string of the molecule is C[C@H](Cn1cccn1)Nc1sccc1[N+](=O)[O-]. The lowest BCUT2D eigenvalue weighted by atomic mass is 10.3. The molecule has 2 heterocycles. The van der Waals surface area contributed by atoms with Crippen molar-refractivity contribution in [3.8, 4) is 0 Å². The minimum atomic E-state index is -0.376. The fourth-order valence-electron chi connectivity index (χ4n) is 1.51. The lowest BCUT2D eigenvalue weighted by Gasteiger charge is -2.13. The standard InChI is InChI=1S/C10H12N4O2S/c1-8(7-13-5-2-4-11-13)12-10-9(14(15)16)3-6-17-10/h2-6,8,12H,7H2,1H3/t8-/m1/s1. The molecule has 0 amide bonds. The molecule has 17 heavy (non-hydrogen) atoms. The Morgan fingerprint density at radius 1 is 1.71 bits per heavy atom. The largest absolute Gasteiger partial charge is 0.367 e. The summed E-state index contributed by atoms with van der Waals surface area (Å²) in [5.74, 6) is 0. The summed E-state index contributed by atoms with van der Waals surface area (Å²) in [6.07, 6.45) is 3.57. The zero-order chi connectivity index (χ0) is 12.3. The summed E-state index contributed by atoms with van der Waals surface area (Å²) in [4.78, 5) is 10.4. The highest BCUT2D eigenvalue weighted by molar-refractivity contribution is 7.14. The van der Waals surface area contributed by atoms with Crippen LogP contribution in [0.5, 0.6) is 0 Å². The molecule has 0 aromatic carbocycles. The summed E-state index contributed by atoms with van der Waals surface area (Å²) in [6, 6.07) is 3.43. The lowest BCUT2D eigenvalue weighted by Crippen LogP contribution is -2.22. The Hall–Kier alpha value is -1.89. The van der Waals surface area contributed by atoms with E-state index in [1.54, 1.807) is 16.3 Å². The van der Waals surface area contributed by atoms with Gasteiger partial charge < -0.3 is 5.32 Å². The van der Waals surface area contributed by atoms with Crippen molar-refractivity contribution in [3.63, 3.8) is 0 Å². The van der Waals surface area contributed by atoms with Gasteiger partial charge in [-0.25, -0.2) is 0 Å². The van der Waals surface area contributed by atoms with Gasteiger partial charge in [-0.15, -0.1) is 11.3 Å². The van der Waals surface area contributed by atoms with E-state index in [4.69, 9.17) is 0 Å². The summed E-state index contributed by atoms with van der Waals surface area (Å²) in [5, 5.41) is 20.3. The third kappa shape index (κ3) is 2.82. The number of rotatable bonds is 5. The van der Waals surface area contributed by atoms with Crippen molar-refractivity contribution < 1.29 is 4.92 Å². The first-order valence-electron chi connectivity index (χ1n) is 5.12. The molecule has 7 heteroatoms. The molecule has 2 aromatic rings. The van der Waals surface area contributed by atoms with Gasteiger partial charge in [0.1, 0.15) is 0 Å². The van der Waals surface area contributed by atoms with E-state index in [0.29, 0.717) is 11.5 Å². The number of thiophene rings is 1. The molecule has 0 aliphatic heterocycles. The highest BCUT2D eigenvalue weighted by Crippen LogP contribution is 2.30. The van der Waals surface area contributed by atoms with E-state index in [2.05, 4.69) is 10.4 Å². The maximum Gasteiger partial charge on any atom is 0.303 e. The van der Waals surface area contributed by atoms with Crippen LogP contribution in [0, 0.1) is 10.1 Å². The van der Waals surface area contributed by atoms with Gasteiger partial charge in [0.05, 0.1) is 11.5 Å². The Morgan fingerprint density at radius 2 is 2.53 bits per heavy atom. The molecular weight excluding hydrogens is 240 g/mol. The normalized spacial score (nSPS) is 12.3. The Labute approximate surface area is 102 Å². The Bertz CT molecular complexity index is 494. The van der Waals surface area contributed by atoms with Crippen LogP contribution in [0.15, 0.2) is 29.9 Å². The predicted molar refractivity (Wildman–Crippen MR) is 66.3 cm³/mol. The first-order chi connectivity index (χ1) is 8.16. The summed E-state index contributed by atoms with van der Waals surface area (Å²) in [5.41, 5.74) is 0.127. The number of hydrogen-bond donors (Lipinski definition) is 1. The molecule has 90 valence electrons. The molecule has 2 aromatic heterocycles. The van der Waals surface area contributed by atoms with Crippen LogP contribution in [-0.4, -0.2) is 20.7 Å². The molecule has 0 saturated heterocycles. The van der Waals surface area contributed by atoms with Gasteiger partial charge in [-0.2, -0.15) is 5.10 Å². The van der Waals surface area contributed by atoms with Crippen LogP contribution in [0.3, 0.4) is 0 Å². The molecular formula is C10H12N4O2S. The van der Waals surface area contributed by atoms with Gasteiger partial charge in [-0.3, -0.25) is 14.8 Å². The number of anilines is 1. The number of nitrogens with one attached hydrogen (secondary N) is 1. The van der Waals surface area contributed by atoms with E-state index in [1.165, 1.54) is 17.4 Å². The molecule has 2 rings (SSSR count). The van der Waals surface area contributed by atoms with Crippen molar-refractivity contribution in [1.82, 2.24) is 9.78 Å². The van der Waals surface area contributed by atoms with Crippen LogP contribution in [0.25, 0.3) is 0 Å². The molecule has 0 spiro atoms. The van der Waals surface area contributed by atoms with Crippen LogP contribution in [0.4, 0.5) is 10.7 Å². The molecule has 0 aliphatic carbocycles. The van der Waals surface area contributed by atoms with Gasteiger partial charge in [0.2, 0.25) is 0 Å². The maximum atomic E-state index is 10.7. The topological polar surface area (TPSA) is 73.0 Å². The molecule has 6 nitrogen and oxygen atoms in total. The van der Waals surface area contributed by atoms with Gasteiger partial charge in [0, 0.05) is 24.5 Å². The maximum absolute atomic E-state index is 10.7. The van der Waals surface area contributed by atoms with Gasteiger partial charge in [-0.05, 0) is 18.4 Å². The van der Waals surface area contributed by atoms with Crippen molar-refractivity contribution >= 4 is 22.0 Å².